The minimum atomic E-state index is -1.06. The fourth-order valence-corrected chi connectivity index (χ4v) is 3.32. The second-order valence-corrected chi connectivity index (χ2v) is 7.61. The zero-order valence-electron chi connectivity index (χ0n) is 19.5. The van der Waals surface area contributed by atoms with E-state index in [4.69, 9.17) is 9.47 Å². The topological polar surface area (TPSA) is 137 Å². The molecule has 2 N–H and O–H groups in total. The lowest BCUT2D eigenvalue weighted by atomic mass is 10.1. The maximum Gasteiger partial charge on any atom is 0.329 e. The van der Waals surface area contributed by atoms with Crippen LogP contribution < -0.4 is 15.4 Å². The van der Waals surface area contributed by atoms with E-state index in [1.807, 2.05) is 6.07 Å². The van der Waals surface area contributed by atoms with E-state index in [2.05, 4.69) is 10.6 Å². The van der Waals surface area contributed by atoms with E-state index in [0.29, 0.717) is 12.2 Å². The molecule has 3 aromatic carbocycles. The molecule has 0 heterocycles. The van der Waals surface area contributed by atoms with Gasteiger partial charge >= 0.3 is 5.97 Å². The van der Waals surface area contributed by atoms with Crippen LogP contribution >= 0.6 is 0 Å². The van der Waals surface area contributed by atoms with Gasteiger partial charge in [-0.05, 0) is 36.8 Å². The maximum absolute atomic E-state index is 12.8. The monoisotopic (exact) mass is 491 g/mol. The van der Waals surface area contributed by atoms with E-state index in [1.165, 1.54) is 18.2 Å². The fourth-order valence-electron chi connectivity index (χ4n) is 3.32. The van der Waals surface area contributed by atoms with E-state index in [1.54, 1.807) is 61.5 Å². The Bertz CT molecular complexity index is 1220. The van der Waals surface area contributed by atoms with Crippen LogP contribution in [-0.4, -0.2) is 42.0 Å². The third-order valence-electron chi connectivity index (χ3n) is 5.00. The average Bonchev–Trinajstić information content (AvgIpc) is 2.89. The number of nitro benzene ring substituents is 1. The van der Waals surface area contributed by atoms with Gasteiger partial charge in [0.2, 0.25) is 0 Å². The Hall–Kier alpha value is -4.73. The van der Waals surface area contributed by atoms with Crippen molar-refractivity contribution in [3.8, 4) is 5.75 Å². The van der Waals surface area contributed by atoms with Gasteiger partial charge in [-0.1, -0.05) is 48.5 Å². The molecule has 0 aliphatic carbocycles. The summed E-state index contributed by atoms with van der Waals surface area (Å²) in [5.74, 6) is -1.78. The third-order valence-corrected chi connectivity index (χ3v) is 5.00. The number of nitro groups is 1. The third kappa shape index (κ3) is 7.39. The van der Waals surface area contributed by atoms with Crippen molar-refractivity contribution < 1.29 is 28.8 Å². The summed E-state index contributed by atoms with van der Waals surface area (Å²) in [7, 11) is 0. The highest BCUT2D eigenvalue weighted by Gasteiger charge is 2.25. The molecule has 0 saturated carbocycles. The number of carbonyl (C=O) groups is 3. The summed E-state index contributed by atoms with van der Waals surface area (Å²) in [5, 5.41) is 16.4. The molecule has 2 amide bonds. The number of rotatable bonds is 11. The smallest absolute Gasteiger partial charge is 0.329 e. The van der Waals surface area contributed by atoms with Gasteiger partial charge in [0.15, 0.2) is 6.61 Å². The Morgan fingerprint density at radius 3 is 2.28 bits per heavy atom. The summed E-state index contributed by atoms with van der Waals surface area (Å²) in [4.78, 5) is 48.6. The van der Waals surface area contributed by atoms with Crippen molar-refractivity contribution in [1.29, 1.82) is 0 Å². The maximum atomic E-state index is 12.8. The SMILES string of the molecule is CCOc1ccc(NC(=O)COC(=O)C(Cc2ccccc2)NC(=O)c2ccccc2)c([N+](=O)[O-])c1. The van der Waals surface area contributed by atoms with Gasteiger partial charge in [0.1, 0.15) is 17.5 Å². The lowest BCUT2D eigenvalue weighted by molar-refractivity contribution is -0.384. The number of benzene rings is 3. The molecule has 0 radical (unpaired) electrons. The Labute approximate surface area is 207 Å². The number of nitrogens with one attached hydrogen (secondary N) is 2. The molecule has 0 aliphatic heterocycles. The molecule has 10 nitrogen and oxygen atoms in total. The van der Waals surface area contributed by atoms with Crippen LogP contribution in [0.1, 0.15) is 22.8 Å². The van der Waals surface area contributed by atoms with E-state index in [9.17, 15) is 24.5 Å². The molecule has 3 aromatic rings. The molecular weight excluding hydrogens is 466 g/mol. The first-order valence-electron chi connectivity index (χ1n) is 11.1. The van der Waals surface area contributed by atoms with Crippen LogP contribution in [0.2, 0.25) is 0 Å². The Balaban J connectivity index is 1.67. The van der Waals surface area contributed by atoms with Crippen LogP contribution in [-0.2, 0) is 20.7 Å². The highest BCUT2D eigenvalue weighted by atomic mass is 16.6. The fraction of sp³-hybridized carbons (Fsp3) is 0.192. The van der Waals surface area contributed by atoms with Crippen molar-refractivity contribution in [1.82, 2.24) is 5.32 Å². The molecule has 36 heavy (non-hydrogen) atoms. The van der Waals surface area contributed by atoms with Gasteiger partial charge < -0.3 is 20.1 Å². The molecule has 3 rings (SSSR count). The van der Waals surface area contributed by atoms with Crippen LogP contribution in [0.25, 0.3) is 0 Å². The predicted octanol–water partition coefficient (Wildman–Crippen LogP) is 3.52. The number of amides is 2. The van der Waals surface area contributed by atoms with Crippen LogP contribution in [0.5, 0.6) is 5.75 Å². The molecular formula is C26H25N3O7. The Kier molecular flexibility index (Phi) is 9.10. The van der Waals surface area contributed by atoms with Gasteiger partial charge in [-0.3, -0.25) is 19.7 Å². The Morgan fingerprint density at radius 2 is 1.64 bits per heavy atom. The standard InChI is InChI=1S/C26H25N3O7/c1-2-35-20-13-14-21(23(16-20)29(33)34)27-24(30)17-36-26(32)22(15-18-9-5-3-6-10-18)28-25(31)19-11-7-4-8-12-19/h3-14,16,22H,2,15,17H2,1H3,(H,27,30)(H,28,31). The van der Waals surface area contributed by atoms with E-state index in [0.717, 1.165) is 5.56 Å². The van der Waals surface area contributed by atoms with E-state index < -0.39 is 35.4 Å². The number of nitrogens with zero attached hydrogens (tertiary/aromatic N) is 1. The summed E-state index contributed by atoms with van der Waals surface area (Å²) in [6.45, 7) is 1.36. The second kappa shape index (κ2) is 12.7. The summed E-state index contributed by atoms with van der Waals surface area (Å²) >= 11 is 0. The van der Waals surface area contributed by atoms with Crippen molar-refractivity contribution >= 4 is 29.2 Å². The lowest BCUT2D eigenvalue weighted by Gasteiger charge is -2.18. The molecule has 0 aliphatic rings. The van der Waals surface area contributed by atoms with Crippen LogP contribution in [0.15, 0.2) is 78.9 Å². The minimum Gasteiger partial charge on any atom is -0.494 e. The second-order valence-electron chi connectivity index (χ2n) is 7.61. The highest BCUT2D eigenvalue weighted by Crippen LogP contribution is 2.29. The van der Waals surface area contributed by atoms with Gasteiger partial charge in [0.25, 0.3) is 17.5 Å². The number of hydrogen-bond acceptors (Lipinski definition) is 7. The molecule has 0 fully saturated rings. The van der Waals surface area contributed by atoms with Crippen LogP contribution in [0.3, 0.4) is 0 Å². The molecule has 0 aromatic heterocycles. The first-order valence-corrected chi connectivity index (χ1v) is 11.1. The van der Waals surface area contributed by atoms with E-state index >= 15 is 0 Å². The van der Waals surface area contributed by atoms with Crippen molar-refractivity contribution in [2.75, 3.05) is 18.5 Å². The average molecular weight is 492 g/mol. The summed E-state index contributed by atoms with van der Waals surface area (Å²) in [6, 6.07) is 20.3. The van der Waals surface area contributed by atoms with Gasteiger partial charge in [0.05, 0.1) is 17.6 Å². The normalized spacial score (nSPS) is 11.1. The van der Waals surface area contributed by atoms with Crippen LogP contribution in [0.4, 0.5) is 11.4 Å². The first-order chi connectivity index (χ1) is 17.4. The molecule has 186 valence electrons. The lowest BCUT2D eigenvalue weighted by Crippen LogP contribution is -2.44. The summed E-state index contributed by atoms with van der Waals surface area (Å²) in [5.41, 5.74) is 0.714. The first kappa shape index (κ1) is 25.9. The quantitative estimate of drug-likeness (QED) is 0.238. The molecule has 0 spiro atoms. The van der Waals surface area contributed by atoms with Crippen molar-refractivity contribution in [2.24, 2.45) is 0 Å². The zero-order valence-corrected chi connectivity index (χ0v) is 19.5. The van der Waals surface area contributed by atoms with Crippen LogP contribution in [0, 0.1) is 10.1 Å². The summed E-state index contributed by atoms with van der Waals surface area (Å²) in [6.07, 6.45) is 0.143. The largest absolute Gasteiger partial charge is 0.494 e. The number of hydrogen-bond donors (Lipinski definition) is 2. The minimum absolute atomic E-state index is 0.0669. The number of carbonyl (C=O) groups excluding carboxylic acids is 3. The van der Waals surface area contributed by atoms with Gasteiger partial charge in [-0.15, -0.1) is 0 Å². The number of esters is 1. The Morgan fingerprint density at radius 1 is 0.972 bits per heavy atom. The van der Waals surface area contributed by atoms with Gasteiger partial charge in [-0.25, -0.2) is 4.79 Å². The van der Waals surface area contributed by atoms with Gasteiger partial charge in [-0.2, -0.15) is 0 Å². The highest BCUT2D eigenvalue weighted by molar-refractivity contribution is 5.98. The van der Waals surface area contributed by atoms with Crippen molar-refractivity contribution in [3.63, 3.8) is 0 Å². The molecule has 0 saturated heterocycles. The molecule has 1 unspecified atom stereocenters. The van der Waals surface area contributed by atoms with Crippen molar-refractivity contribution in [2.45, 2.75) is 19.4 Å². The van der Waals surface area contributed by atoms with E-state index in [-0.39, 0.29) is 23.5 Å². The molecule has 10 heteroatoms. The van der Waals surface area contributed by atoms with Gasteiger partial charge in [0, 0.05) is 12.0 Å². The molecule has 1 atom stereocenters. The summed E-state index contributed by atoms with van der Waals surface area (Å²) < 4.78 is 10.4. The number of ether oxygens (including phenoxy) is 2. The zero-order chi connectivity index (χ0) is 25.9. The number of anilines is 1. The van der Waals surface area contributed by atoms with Crippen molar-refractivity contribution in [3.05, 3.63) is 100 Å². The predicted molar refractivity (Wildman–Crippen MR) is 132 cm³/mol. The molecule has 0 bridgehead atoms.